The third-order valence-corrected chi connectivity index (χ3v) is 3.71. The van der Waals surface area contributed by atoms with E-state index < -0.39 is 11.2 Å². The molecule has 1 saturated heterocycles. The van der Waals surface area contributed by atoms with E-state index in [-0.39, 0.29) is 0 Å². The summed E-state index contributed by atoms with van der Waals surface area (Å²) in [5.41, 5.74) is 1.42. The third kappa shape index (κ3) is 10.3. The molecule has 1 aliphatic heterocycles. The van der Waals surface area contributed by atoms with E-state index in [2.05, 4.69) is 59.1 Å². The fourth-order valence-corrected chi connectivity index (χ4v) is 2.30. The van der Waals surface area contributed by atoms with Gasteiger partial charge in [0.1, 0.15) is 0 Å². The van der Waals surface area contributed by atoms with E-state index in [4.69, 9.17) is 30.3 Å². The van der Waals surface area contributed by atoms with Crippen molar-refractivity contribution in [1.82, 2.24) is 14.7 Å². The number of halogens is 3. The average molecular weight is 410 g/mol. The molecule has 0 unspecified atom stereocenters. The summed E-state index contributed by atoms with van der Waals surface area (Å²) in [6.45, 7) is 8.09. The molecule has 129 valence electrons. The zero-order valence-corrected chi connectivity index (χ0v) is 16.5. The van der Waals surface area contributed by atoms with Crippen LogP contribution in [0.5, 0.6) is 0 Å². The molecule has 1 heterocycles. The number of hydrogen-bond donors (Lipinski definition) is 0. The molecule has 22 heavy (non-hydrogen) atoms. The Labute approximate surface area is 151 Å². The zero-order chi connectivity index (χ0) is 16.4. The van der Waals surface area contributed by atoms with Crippen LogP contribution in [0, 0.1) is 0 Å². The fourth-order valence-electron chi connectivity index (χ4n) is 2.30. The van der Waals surface area contributed by atoms with E-state index in [0.29, 0.717) is 0 Å². The molecule has 0 spiro atoms. The minimum atomic E-state index is -1.33. The topological polar surface area (TPSA) is 9.72 Å². The van der Waals surface area contributed by atoms with Crippen LogP contribution in [0.3, 0.4) is 0 Å². The van der Waals surface area contributed by atoms with Crippen molar-refractivity contribution in [2.75, 3.05) is 53.4 Å². The Morgan fingerprint density at radius 2 is 1.23 bits per heavy atom. The van der Waals surface area contributed by atoms with Crippen molar-refractivity contribution >= 4 is 30.3 Å². The Balaban J connectivity index is 0.000000541. The summed E-state index contributed by atoms with van der Waals surface area (Å²) in [6, 6.07) is 10.8. The molecule has 0 aromatic heterocycles. The van der Waals surface area contributed by atoms with E-state index in [1.807, 2.05) is 0 Å². The van der Waals surface area contributed by atoms with Crippen molar-refractivity contribution in [2.45, 2.75) is 6.54 Å². The zero-order valence-electron chi connectivity index (χ0n) is 13.2. The molecular weight excluding hydrogens is 384 g/mol. The molecule has 2 rings (SSSR count). The van der Waals surface area contributed by atoms with Gasteiger partial charge >= 0.3 is 41.5 Å². The summed E-state index contributed by atoms with van der Waals surface area (Å²) in [7, 11) is 19.1. The van der Waals surface area contributed by atoms with Gasteiger partial charge in [-0.15, -0.1) is 0 Å². The van der Waals surface area contributed by atoms with Gasteiger partial charge in [0.25, 0.3) is 0 Å². The number of likely N-dealkylation sites (N-methyl/N-ethyl adjacent to an activating group) is 2. The first-order valence-electron chi connectivity index (χ1n) is 7.27. The number of benzene rings is 1. The average Bonchev–Trinajstić information content (AvgIpc) is 2.54. The van der Waals surface area contributed by atoms with Gasteiger partial charge in [-0.25, -0.2) is 0 Å². The monoisotopic (exact) mass is 408 g/mol. The van der Waals surface area contributed by atoms with Crippen molar-refractivity contribution < 1.29 is 11.2 Å². The van der Waals surface area contributed by atoms with Crippen LogP contribution < -0.4 is 0 Å². The van der Waals surface area contributed by atoms with E-state index >= 15 is 0 Å². The summed E-state index contributed by atoms with van der Waals surface area (Å²) >= 11 is -1.33. The Morgan fingerprint density at radius 3 is 1.68 bits per heavy atom. The van der Waals surface area contributed by atoms with Gasteiger partial charge in [-0.05, 0) is 19.7 Å². The minimum absolute atomic E-state index is 1.07. The second-order valence-electron chi connectivity index (χ2n) is 5.52. The van der Waals surface area contributed by atoms with Crippen molar-refractivity contribution in [3.05, 3.63) is 35.9 Å². The molecule has 0 atom stereocenters. The van der Waals surface area contributed by atoms with Crippen LogP contribution in [0.2, 0.25) is 0 Å². The van der Waals surface area contributed by atoms with Gasteiger partial charge in [-0.3, -0.25) is 4.90 Å². The van der Waals surface area contributed by atoms with E-state index in [1.54, 1.807) is 0 Å². The molecule has 0 amide bonds. The Hall–Kier alpha value is 0.489. The second kappa shape index (κ2) is 11.9. The Kier molecular flexibility index (Phi) is 11.1. The van der Waals surface area contributed by atoms with Gasteiger partial charge < -0.3 is 9.80 Å². The van der Waals surface area contributed by atoms with Crippen LogP contribution in [0.15, 0.2) is 30.3 Å². The third-order valence-electron chi connectivity index (χ3n) is 3.71. The fraction of sp³-hybridized carbons (Fsp3) is 0.600. The number of hydrogen-bond acceptors (Lipinski definition) is 3. The molecule has 0 saturated carbocycles. The van der Waals surface area contributed by atoms with Crippen molar-refractivity contribution in [3.8, 4) is 0 Å². The van der Waals surface area contributed by atoms with E-state index in [9.17, 15) is 0 Å². The van der Waals surface area contributed by atoms with Crippen LogP contribution in [0.1, 0.15) is 5.56 Å². The van der Waals surface area contributed by atoms with Gasteiger partial charge in [-0.1, -0.05) is 30.3 Å². The predicted molar refractivity (Wildman–Crippen MR) is 94.3 cm³/mol. The Morgan fingerprint density at radius 1 is 0.818 bits per heavy atom. The van der Waals surface area contributed by atoms with Gasteiger partial charge in [0.15, 0.2) is 0 Å². The van der Waals surface area contributed by atoms with Crippen molar-refractivity contribution in [3.63, 3.8) is 0 Å². The molecule has 1 aromatic rings. The molecule has 0 N–H and O–H groups in total. The van der Waals surface area contributed by atoms with Crippen LogP contribution >= 0.6 is 30.3 Å². The summed E-state index contributed by atoms with van der Waals surface area (Å²) in [6.07, 6.45) is 0. The second-order valence-corrected chi connectivity index (χ2v) is 11.0. The Bertz CT molecular complexity index is 378. The first-order chi connectivity index (χ1) is 10.5. The molecular formula is C15H25Cl3FeN3. The summed E-state index contributed by atoms with van der Waals surface area (Å²) in [5, 5.41) is 0. The first-order valence-corrected chi connectivity index (χ1v) is 11.8. The molecule has 0 aliphatic carbocycles. The summed E-state index contributed by atoms with van der Waals surface area (Å²) in [5.74, 6) is 0. The van der Waals surface area contributed by atoms with Gasteiger partial charge in [0.2, 0.25) is 0 Å². The van der Waals surface area contributed by atoms with Crippen molar-refractivity contribution in [2.24, 2.45) is 0 Å². The predicted octanol–water partition coefficient (Wildman–Crippen LogP) is 3.43. The number of nitrogens with zero attached hydrogens (tertiary/aromatic N) is 3. The van der Waals surface area contributed by atoms with Gasteiger partial charge in [0, 0.05) is 45.8 Å². The molecule has 1 fully saturated rings. The van der Waals surface area contributed by atoms with Gasteiger partial charge in [-0.2, -0.15) is 0 Å². The maximum atomic E-state index is 4.89. The van der Waals surface area contributed by atoms with Crippen LogP contribution in [-0.2, 0) is 17.7 Å². The molecule has 3 nitrogen and oxygen atoms in total. The summed E-state index contributed by atoms with van der Waals surface area (Å²) < 4.78 is 0. The number of rotatable bonds is 2. The SMILES string of the molecule is CN1CCN(C)CCN(Cc2ccccc2)CC1.[Cl][Fe]([Cl])[Cl]. The van der Waals surface area contributed by atoms with Gasteiger partial charge in [0.05, 0.1) is 0 Å². The summed E-state index contributed by atoms with van der Waals surface area (Å²) in [4.78, 5) is 7.42. The normalized spacial score (nSPS) is 19.4. The quantitative estimate of drug-likeness (QED) is 0.693. The standard InChI is InChI=1S/C15H25N3.3ClH.Fe/c1-16-8-9-17(2)11-13-18(12-10-16)14-15-6-4-3-5-7-15;;;;/h3-7H,8-14H2,1-2H3;3*1H;/q;;;;+3/p-3. The molecule has 1 aromatic carbocycles. The first kappa shape index (κ1) is 20.5. The molecule has 7 heteroatoms. The van der Waals surface area contributed by atoms with E-state index in [1.165, 1.54) is 44.8 Å². The van der Waals surface area contributed by atoms with Crippen molar-refractivity contribution in [1.29, 1.82) is 0 Å². The van der Waals surface area contributed by atoms with Crippen LogP contribution in [-0.4, -0.2) is 68.1 Å². The van der Waals surface area contributed by atoms with Crippen LogP contribution in [0.25, 0.3) is 0 Å². The molecule has 0 radical (unpaired) electrons. The molecule has 0 bridgehead atoms. The maximum absolute atomic E-state index is 4.89. The van der Waals surface area contributed by atoms with Crippen LogP contribution in [0.4, 0.5) is 0 Å². The molecule has 1 aliphatic rings. The van der Waals surface area contributed by atoms with E-state index in [0.717, 1.165) is 6.54 Å².